The number of anilines is 1. The lowest BCUT2D eigenvalue weighted by Gasteiger charge is -2.19. The SMILES string of the molecule is CC(C)(C)OC(=O)CCCn1c(O)c2ccc3c4c(ccc(c1=O)c24)NCCN=3. The predicted octanol–water partition coefficient (Wildman–Crippen LogP) is 2.75. The van der Waals surface area contributed by atoms with Crippen molar-refractivity contribution in [2.24, 2.45) is 4.99 Å². The Morgan fingerprint density at radius 3 is 2.72 bits per heavy atom. The lowest BCUT2D eigenvalue weighted by Crippen LogP contribution is -2.25. The van der Waals surface area contributed by atoms with Crippen molar-refractivity contribution in [2.75, 3.05) is 18.4 Å². The number of hydrogen-bond acceptors (Lipinski definition) is 6. The number of ether oxygens (including phenoxy) is 1. The van der Waals surface area contributed by atoms with E-state index in [0.29, 0.717) is 23.7 Å². The molecule has 1 aliphatic heterocycles. The maximum atomic E-state index is 13.1. The summed E-state index contributed by atoms with van der Waals surface area (Å²) in [4.78, 5) is 29.6. The number of hydrogen-bond donors (Lipinski definition) is 2. The number of carbonyl (C=O) groups is 1. The number of esters is 1. The molecule has 3 aromatic rings. The molecular weight excluding hydrogens is 370 g/mol. The Hall–Kier alpha value is -3.09. The first kappa shape index (κ1) is 19.2. The summed E-state index contributed by atoms with van der Waals surface area (Å²) in [5.74, 6) is -0.399. The van der Waals surface area contributed by atoms with E-state index in [0.717, 1.165) is 28.4 Å². The van der Waals surface area contributed by atoms with Gasteiger partial charge in [-0.25, -0.2) is 0 Å². The molecule has 7 heteroatoms. The zero-order valence-corrected chi connectivity index (χ0v) is 16.9. The van der Waals surface area contributed by atoms with E-state index in [9.17, 15) is 14.7 Å². The minimum atomic E-state index is -0.543. The quantitative estimate of drug-likeness (QED) is 0.663. The molecule has 0 bridgehead atoms. The first-order valence-electron chi connectivity index (χ1n) is 9.87. The molecule has 4 rings (SSSR count). The summed E-state index contributed by atoms with van der Waals surface area (Å²) < 4.78 is 6.65. The molecule has 2 aromatic carbocycles. The van der Waals surface area contributed by atoms with E-state index in [1.165, 1.54) is 4.57 Å². The van der Waals surface area contributed by atoms with Crippen molar-refractivity contribution in [3.63, 3.8) is 0 Å². The van der Waals surface area contributed by atoms with E-state index in [4.69, 9.17) is 4.74 Å². The number of nitrogens with one attached hydrogen (secondary N) is 1. The van der Waals surface area contributed by atoms with Crippen molar-refractivity contribution in [1.82, 2.24) is 4.57 Å². The molecular formula is C22H25N3O4. The zero-order valence-electron chi connectivity index (χ0n) is 16.9. The minimum Gasteiger partial charge on any atom is -0.494 e. The second kappa shape index (κ2) is 7.06. The highest BCUT2D eigenvalue weighted by molar-refractivity contribution is 6.15. The van der Waals surface area contributed by atoms with Crippen LogP contribution in [0.1, 0.15) is 33.6 Å². The Balaban J connectivity index is 1.75. The maximum Gasteiger partial charge on any atom is 0.306 e. The van der Waals surface area contributed by atoms with Gasteiger partial charge in [-0.3, -0.25) is 19.1 Å². The molecule has 2 heterocycles. The Bertz CT molecular complexity index is 1220. The molecule has 0 spiro atoms. The van der Waals surface area contributed by atoms with Crippen molar-refractivity contribution in [3.05, 3.63) is 40.0 Å². The van der Waals surface area contributed by atoms with Crippen LogP contribution < -0.4 is 16.2 Å². The van der Waals surface area contributed by atoms with Gasteiger partial charge in [0.05, 0.1) is 11.9 Å². The highest BCUT2D eigenvalue weighted by Gasteiger charge is 2.20. The van der Waals surface area contributed by atoms with Gasteiger partial charge < -0.3 is 15.2 Å². The average molecular weight is 395 g/mol. The number of pyridine rings is 1. The fourth-order valence-electron chi connectivity index (χ4n) is 3.86. The molecule has 0 saturated carbocycles. The van der Waals surface area contributed by atoms with Crippen molar-refractivity contribution in [1.29, 1.82) is 0 Å². The Morgan fingerprint density at radius 1 is 1.21 bits per heavy atom. The number of benzene rings is 2. The summed E-state index contributed by atoms with van der Waals surface area (Å²) in [6, 6.07) is 7.37. The summed E-state index contributed by atoms with van der Waals surface area (Å²) in [6.07, 6.45) is 0.577. The van der Waals surface area contributed by atoms with E-state index < -0.39 is 5.60 Å². The third-order valence-electron chi connectivity index (χ3n) is 5.00. The van der Waals surface area contributed by atoms with Crippen molar-refractivity contribution in [3.8, 4) is 5.88 Å². The number of rotatable bonds is 4. The molecule has 0 unspecified atom stereocenters. The van der Waals surface area contributed by atoms with Crippen LogP contribution in [-0.2, 0) is 16.1 Å². The topological polar surface area (TPSA) is 92.9 Å². The monoisotopic (exact) mass is 395 g/mol. The predicted molar refractivity (Wildman–Crippen MR) is 113 cm³/mol. The lowest BCUT2D eigenvalue weighted by molar-refractivity contribution is -0.154. The molecule has 0 fully saturated rings. The van der Waals surface area contributed by atoms with Crippen LogP contribution in [0.2, 0.25) is 0 Å². The van der Waals surface area contributed by atoms with Gasteiger partial charge in [0.1, 0.15) is 5.60 Å². The molecule has 29 heavy (non-hydrogen) atoms. The maximum absolute atomic E-state index is 13.1. The molecule has 152 valence electrons. The molecule has 2 N–H and O–H groups in total. The fourth-order valence-corrected chi connectivity index (χ4v) is 3.86. The average Bonchev–Trinajstić information content (AvgIpc) is 2.86. The largest absolute Gasteiger partial charge is 0.494 e. The highest BCUT2D eigenvalue weighted by Crippen LogP contribution is 2.33. The van der Waals surface area contributed by atoms with Crippen molar-refractivity contribution >= 4 is 33.2 Å². The van der Waals surface area contributed by atoms with Gasteiger partial charge in [0.2, 0.25) is 5.88 Å². The molecule has 0 saturated heterocycles. The summed E-state index contributed by atoms with van der Waals surface area (Å²) in [5.41, 5.74) is 0.104. The van der Waals surface area contributed by atoms with Gasteiger partial charge in [-0.2, -0.15) is 0 Å². The van der Waals surface area contributed by atoms with Gasteiger partial charge in [-0.1, -0.05) is 0 Å². The Morgan fingerprint density at radius 2 is 1.97 bits per heavy atom. The van der Waals surface area contributed by atoms with Gasteiger partial charge in [-0.15, -0.1) is 0 Å². The summed E-state index contributed by atoms with van der Waals surface area (Å²) in [5, 5.41) is 17.7. The third kappa shape index (κ3) is 3.52. The first-order chi connectivity index (χ1) is 13.8. The number of nitrogens with zero attached hydrogens (tertiary/aromatic N) is 2. The Kier molecular flexibility index (Phi) is 4.68. The second-order valence-electron chi connectivity index (χ2n) is 8.32. The highest BCUT2D eigenvalue weighted by atomic mass is 16.6. The van der Waals surface area contributed by atoms with Gasteiger partial charge in [-0.05, 0) is 51.5 Å². The van der Waals surface area contributed by atoms with E-state index in [1.807, 2.05) is 39.0 Å². The Labute approximate surface area is 168 Å². The van der Waals surface area contributed by atoms with Crippen LogP contribution in [0.25, 0.3) is 21.5 Å². The summed E-state index contributed by atoms with van der Waals surface area (Å²) in [7, 11) is 0. The number of aromatic nitrogens is 1. The standard InChI is InChI=1S/C22H25N3O4/c1-22(2,3)29-17(26)5-4-12-25-20(27)13-6-8-15-19-16(24-11-10-23-15)9-7-14(18(13)19)21(25)28/h6-9,23,28H,4-5,10-12H2,1-3H3. The molecule has 1 aliphatic rings. The van der Waals surface area contributed by atoms with E-state index in [2.05, 4.69) is 10.3 Å². The van der Waals surface area contributed by atoms with Crippen LogP contribution in [0.3, 0.4) is 0 Å². The smallest absolute Gasteiger partial charge is 0.306 e. The second-order valence-corrected chi connectivity index (χ2v) is 8.32. The lowest BCUT2D eigenvalue weighted by atomic mass is 10.00. The van der Waals surface area contributed by atoms with Crippen LogP contribution in [0.5, 0.6) is 5.88 Å². The van der Waals surface area contributed by atoms with Crippen molar-refractivity contribution in [2.45, 2.75) is 45.8 Å². The van der Waals surface area contributed by atoms with Crippen LogP contribution >= 0.6 is 0 Å². The molecule has 7 nitrogen and oxygen atoms in total. The molecule has 1 aromatic heterocycles. The summed E-state index contributed by atoms with van der Waals surface area (Å²) >= 11 is 0. The van der Waals surface area contributed by atoms with Crippen LogP contribution in [0.4, 0.5) is 5.69 Å². The van der Waals surface area contributed by atoms with Crippen molar-refractivity contribution < 1.29 is 14.6 Å². The molecule has 0 aliphatic carbocycles. The van der Waals surface area contributed by atoms with E-state index >= 15 is 0 Å². The minimum absolute atomic E-state index is 0.0837. The molecule has 0 amide bonds. The molecule has 0 atom stereocenters. The van der Waals surface area contributed by atoms with E-state index in [1.54, 1.807) is 6.07 Å². The summed E-state index contributed by atoms with van der Waals surface area (Å²) in [6.45, 7) is 7.06. The van der Waals surface area contributed by atoms with Crippen LogP contribution in [-0.4, -0.2) is 34.3 Å². The van der Waals surface area contributed by atoms with Gasteiger partial charge in [0.15, 0.2) is 0 Å². The van der Waals surface area contributed by atoms with Gasteiger partial charge >= 0.3 is 5.97 Å². The van der Waals surface area contributed by atoms with Gasteiger partial charge in [0.25, 0.3) is 5.56 Å². The van der Waals surface area contributed by atoms with Crippen LogP contribution in [0.15, 0.2) is 34.1 Å². The normalized spacial score (nSPS) is 13.8. The first-order valence-corrected chi connectivity index (χ1v) is 9.87. The number of aromatic hydroxyl groups is 1. The van der Waals surface area contributed by atoms with E-state index in [-0.39, 0.29) is 30.4 Å². The number of carbonyl (C=O) groups excluding carboxylic acids is 1. The van der Waals surface area contributed by atoms with Gasteiger partial charge in [0, 0.05) is 46.7 Å². The fraction of sp³-hybridized carbons (Fsp3) is 0.409. The third-order valence-corrected chi connectivity index (χ3v) is 5.00. The zero-order chi connectivity index (χ0) is 20.8. The molecule has 0 radical (unpaired) electrons. The van der Waals surface area contributed by atoms with Crippen LogP contribution in [0, 0.1) is 0 Å².